The molecule has 0 bridgehead atoms. The number of urea groups is 1. The third-order valence-corrected chi connectivity index (χ3v) is 4.48. The number of halogens is 1. The summed E-state index contributed by atoms with van der Waals surface area (Å²) < 4.78 is 29.6. The van der Waals surface area contributed by atoms with E-state index in [4.69, 9.17) is 14.2 Å². The van der Waals surface area contributed by atoms with Crippen LogP contribution in [0.25, 0.3) is 0 Å². The normalized spacial score (nSPS) is 18.5. The highest BCUT2D eigenvalue weighted by Crippen LogP contribution is 2.28. The second-order valence-electron chi connectivity index (χ2n) is 6.23. The Morgan fingerprint density at radius 1 is 1.07 bits per heavy atom. The summed E-state index contributed by atoms with van der Waals surface area (Å²) in [4.78, 5) is 26.3. The monoisotopic (exact) mass is 388 g/mol. The molecular formula is C20H21FN2O5. The number of esters is 1. The van der Waals surface area contributed by atoms with Crippen molar-refractivity contribution >= 4 is 17.7 Å². The van der Waals surface area contributed by atoms with Crippen molar-refractivity contribution in [1.82, 2.24) is 4.90 Å². The van der Waals surface area contributed by atoms with Crippen molar-refractivity contribution in [3.05, 3.63) is 54.3 Å². The zero-order valence-electron chi connectivity index (χ0n) is 15.6. The predicted molar refractivity (Wildman–Crippen MR) is 100.0 cm³/mol. The molecule has 0 saturated carbocycles. The molecule has 8 heteroatoms. The lowest BCUT2D eigenvalue weighted by atomic mass is 10.2. The zero-order chi connectivity index (χ0) is 20.1. The number of carbonyl (C=O) groups excluding carboxylic acids is 2. The molecule has 0 aliphatic carbocycles. The minimum Gasteiger partial charge on any atom is -0.495 e. The molecule has 2 aromatic rings. The van der Waals surface area contributed by atoms with E-state index < -0.39 is 30.0 Å². The lowest BCUT2D eigenvalue weighted by Gasteiger charge is -2.23. The van der Waals surface area contributed by atoms with Crippen LogP contribution in [0.2, 0.25) is 0 Å². The quantitative estimate of drug-likeness (QED) is 0.797. The van der Waals surface area contributed by atoms with Crippen LogP contribution < -0.4 is 14.8 Å². The third-order valence-electron chi connectivity index (χ3n) is 4.48. The van der Waals surface area contributed by atoms with E-state index in [-0.39, 0.29) is 18.7 Å². The van der Waals surface area contributed by atoms with Gasteiger partial charge in [-0.1, -0.05) is 24.3 Å². The molecule has 0 radical (unpaired) electrons. The Morgan fingerprint density at radius 2 is 1.75 bits per heavy atom. The zero-order valence-corrected chi connectivity index (χ0v) is 15.6. The maximum atomic E-state index is 13.9. The molecule has 7 nitrogen and oxygen atoms in total. The van der Waals surface area contributed by atoms with Gasteiger partial charge in [0.2, 0.25) is 0 Å². The highest BCUT2D eigenvalue weighted by molar-refractivity contribution is 5.94. The van der Waals surface area contributed by atoms with Crippen LogP contribution in [0.5, 0.6) is 11.5 Å². The Kier molecular flexibility index (Phi) is 5.98. The summed E-state index contributed by atoms with van der Waals surface area (Å²) in [5, 5.41) is 2.73. The van der Waals surface area contributed by atoms with Crippen LogP contribution in [0.4, 0.5) is 14.9 Å². The summed E-state index contributed by atoms with van der Waals surface area (Å²) in [5.74, 6) is -0.504. The van der Waals surface area contributed by atoms with E-state index in [0.29, 0.717) is 11.4 Å². The van der Waals surface area contributed by atoms with E-state index >= 15 is 0 Å². The molecule has 1 heterocycles. The van der Waals surface area contributed by atoms with E-state index in [9.17, 15) is 14.0 Å². The van der Waals surface area contributed by atoms with Crippen LogP contribution in [-0.4, -0.2) is 49.8 Å². The molecular weight excluding hydrogens is 367 g/mol. The van der Waals surface area contributed by atoms with Crippen molar-refractivity contribution < 1.29 is 28.2 Å². The molecule has 1 aliphatic rings. The number of benzene rings is 2. The maximum Gasteiger partial charge on any atom is 0.328 e. The number of rotatable bonds is 5. The predicted octanol–water partition coefficient (Wildman–Crippen LogP) is 3.06. The average Bonchev–Trinajstić information content (AvgIpc) is 3.13. The highest BCUT2D eigenvalue weighted by atomic mass is 19.1. The number of nitrogens with zero attached hydrogens (tertiary/aromatic N) is 1. The largest absolute Gasteiger partial charge is 0.495 e. The molecule has 2 aromatic carbocycles. The number of methoxy groups -OCH3 is 2. The summed E-state index contributed by atoms with van der Waals surface area (Å²) in [6.07, 6.45) is -0.357. The summed E-state index contributed by atoms with van der Waals surface area (Å²) in [6, 6.07) is 11.6. The van der Waals surface area contributed by atoms with Gasteiger partial charge in [0.25, 0.3) is 0 Å². The second kappa shape index (κ2) is 8.60. The highest BCUT2D eigenvalue weighted by Gasteiger charge is 2.42. The summed E-state index contributed by atoms with van der Waals surface area (Å²) in [6.45, 7) is 0.106. The molecule has 3 rings (SSSR count). The summed E-state index contributed by atoms with van der Waals surface area (Å²) in [5.41, 5.74) is 0.470. The van der Waals surface area contributed by atoms with Crippen LogP contribution in [0.1, 0.15) is 6.42 Å². The molecule has 1 aliphatic heterocycles. The standard InChI is InChI=1S/C20H21FN2O5/c1-26-18-10-6-4-8-15(18)22-20(25)23-12-13(11-16(23)19(24)27-2)28-17-9-5-3-7-14(17)21/h3-10,13,16H,11-12H2,1-2H3,(H,22,25). The van der Waals surface area contributed by atoms with E-state index in [0.717, 1.165) is 0 Å². The molecule has 148 valence electrons. The lowest BCUT2D eigenvalue weighted by molar-refractivity contribution is -0.144. The van der Waals surface area contributed by atoms with Gasteiger partial charge in [-0.15, -0.1) is 0 Å². The van der Waals surface area contributed by atoms with E-state index in [1.54, 1.807) is 36.4 Å². The number of para-hydroxylation sites is 3. The first-order valence-electron chi connectivity index (χ1n) is 8.73. The molecule has 1 saturated heterocycles. The Hall–Kier alpha value is -3.29. The minimum atomic E-state index is -0.837. The van der Waals surface area contributed by atoms with Crippen molar-refractivity contribution in [2.24, 2.45) is 0 Å². The Labute approximate surface area is 162 Å². The molecule has 0 spiro atoms. The maximum absolute atomic E-state index is 13.9. The first-order chi connectivity index (χ1) is 13.5. The van der Waals surface area contributed by atoms with Crippen molar-refractivity contribution in [3.8, 4) is 11.5 Å². The Bertz CT molecular complexity index is 860. The number of hydrogen-bond donors (Lipinski definition) is 1. The molecule has 1 N–H and O–H groups in total. The van der Waals surface area contributed by atoms with E-state index in [1.807, 2.05) is 0 Å². The third kappa shape index (κ3) is 4.16. The van der Waals surface area contributed by atoms with Gasteiger partial charge in [0.15, 0.2) is 11.6 Å². The van der Waals surface area contributed by atoms with Gasteiger partial charge >= 0.3 is 12.0 Å². The number of carbonyl (C=O) groups is 2. The SMILES string of the molecule is COC(=O)C1CC(Oc2ccccc2F)CN1C(=O)Nc1ccccc1OC. The van der Waals surface area contributed by atoms with Crippen molar-refractivity contribution in [1.29, 1.82) is 0 Å². The molecule has 2 amide bonds. The van der Waals surface area contributed by atoms with Crippen LogP contribution in [0.3, 0.4) is 0 Å². The van der Waals surface area contributed by atoms with Crippen molar-refractivity contribution in [3.63, 3.8) is 0 Å². The summed E-state index contributed by atoms with van der Waals surface area (Å²) in [7, 11) is 2.75. The van der Waals surface area contributed by atoms with Gasteiger partial charge in [-0.2, -0.15) is 0 Å². The van der Waals surface area contributed by atoms with Gasteiger partial charge in [-0.25, -0.2) is 14.0 Å². The van der Waals surface area contributed by atoms with Gasteiger partial charge in [-0.3, -0.25) is 0 Å². The minimum absolute atomic E-state index is 0.0723. The van der Waals surface area contributed by atoms with Crippen LogP contribution in [0.15, 0.2) is 48.5 Å². The van der Waals surface area contributed by atoms with Gasteiger partial charge in [-0.05, 0) is 24.3 Å². The number of hydrogen-bond acceptors (Lipinski definition) is 5. The summed E-state index contributed by atoms with van der Waals surface area (Å²) >= 11 is 0. The Morgan fingerprint density at radius 3 is 2.43 bits per heavy atom. The molecule has 2 atom stereocenters. The smallest absolute Gasteiger partial charge is 0.328 e. The number of nitrogens with one attached hydrogen (secondary N) is 1. The van der Waals surface area contributed by atoms with Gasteiger partial charge in [0.05, 0.1) is 26.5 Å². The molecule has 28 heavy (non-hydrogen) atoms. The fraction of sp³-hybridized carbons (Fsp3) is 0.300. The van der Waals surface area contributed by atoms with Crippen LogP contribution in [0, 0.1) is 5.82 Å². The van der Waals surface area contributed by atoms with Crippen LogP contribution in [-0.2, 0) is 9.53 Å². The Balaban J connectivity index is 1.76. The van der Waals surface area contributed by atoms with Crippen molar-refractivity contribution in [2.45, 2.75) is 18.6 Å². The fourth-order valence-electron chi connectivity index (χ4n) is 3.12. The number of ether oxygens (including phenoxy) is 3. The molecule has 1 fully saturated rings. The fourth-order valence-corrected chi connectivity index (χ4v) is 3.12. The van der Waals surface area contributed by atoms with E-state index in [2.05, 4.69) is 5.32 Å². The van der Waals surface area contributed by atoms with Gasteiger partial charge in [0.1, 0.15) is 17.9 Å². The van der Waals surface area contributed by atoms with E-state index in [1.165, 1.54) is 31.3 Å². The van der Waals surface area contributed by atoms with Gasteiger partial charge in [0, 0.05) is 6.42 Å². The first-order valence-corrected chi connectivity index (χ1v) is 8.73. The topological polar surface area (TPSA) is 77.1 Å². The number of anilines is 1. The molecule has 2 unspecified atom stereocenters. The first kappa shape index (κ1) is 19.5. The van der Waals surface area contributed by atoms with Crippen molar-refractivity contribution in [2.75, 3.05) is 26.1 Å². The van der Waals surface area contributed by atoms with Gasteiger partial charge < -0.3 is 24.4 Å². The number of amides is 2. The number of likely N-dealkylation sites (tertiary alicyclic amines) is 1. The van der Waals surface area contributed by atoms with Crippen LogP contribution >= 0.6 is 0 Å². The average molecular weight is 388 g/mol. The lowest BCUT2D eigenvalue weighted by Crippen LogP contribution is -2.43. The second-order valence-corrected chi connectivity index (χ2v) is 6.23. The molecule has 0 aromatic heterocycles.